The summed E-state index contributed by atoms with van der Waals surface area (Å²) in [5.74, 6) is 2.55. The number of hydrogen-bond donors (Lipinski definition) is 2. The van der Waals surface area contributed by atoms with Gasteiger partial charge in [0.05, 0.1) is 35.0 Å². The number of halogens is 1. The third-order valence-corrected chi connectivity index (χ3v) is 11.3. The monoisotopic (exact) mass is 858 g/mol. The van der Waals surface area contributed by atoms with E-state index in [0.717, 1.165) is 44.1 Å². The lowest BCUT2D eigenvalue weighted by Crippen LogP contribution is -2.55. The first-order valence-corrected chi connectivity index (χ1v) is 20.3. The maximum absolute atomic E-state index is 13.0. The van der Waals surface area contributed by atoms with Crippen molar-refractivity contribution in [2.75, 3.05) is 103 Å². The number of rotatable bonds is 19. The van der Waals surface area contributed by atoms with Gasteiger partial charge in [0.1, 0.15) is 6.61 Å². The third kappa shape index (κ3) is 13.3. The number of unbranched alkanes of at least 4 members (excludes halogenated alkanes) is 1. The molecule has 0 atom stereocenters. The van der Waals surface area contributed by atoms with Gasteiger partial charge in [0.15, 0.2) is 23.0 Å². The van der Waals surface area contributed by atoms with Gasteiger partial charge in [-0.2, -0.15) is 0 Å². The molecule has 0 aliphatic carbocycles. The van der Waals surface area contributed by atoms with E-state index in [1.165, 1.54) is 0 Å². The molecule has 0 saturated carbocycles. The number of carbonyl (C=O) groups is 2. The largest absolute Gasteiger partial charge is 0.493 e. The van der Waals surface area contributed by atoms with Crippen molar-refractivity contribution in [3.63, 3.8) is 0 Å². The summed E-state index contributed by atoms with van der Waals surface area (Å²) in [6, 6.07) is 16.6. The first-order chi connectivity index (χ1) is 28.5. The smallest absolute Gasteiger partial charge is 0.251 e. The van der Waals surface area contributed by atoms with Gasteiger partial charge in [-0.15, -0.1) is 12.4 Å². The fourth-order valence-corrected chi connectivity index (χ4v) is 7.12. The van der Waals surface area contributed by atoms with Gasteiger partial charge in [-0.3, -0.25) is 9.59 Å². The fraction of sp³-hybridized carbons (Fsp3) is 0.556. The zero-order valence-electron chi connectivity index (χ0n) is 37.0. The number of carbonyl (C=O) groups excluding carboxylic acids is 2. The van der Waals surface area contributed by atoms with E-state index in [9.17, 15) is 9.59 Å². The van der Waals surface area contributed by atoms with Crippen molar-refractivity contribution in [3.05, 3.63) is 71.3 Å². The maximum atomic E-state index is 13.0. The lowest BCUT2D eigenvalue weighted by molar-refractivity contribution is -0.00661. The molecule has 15 heteroatoms. The first kappa shape index (κ1) is 49.9. The number of amides is 2. The van der Waals surface area contributed by atoms with Crippen molar-refractivity contribution in [2.45, 2.75) is 63.1 Å². The second kappa shape index (κ2) is 24.7. The molecule has 2 aliphatic heterocycles. The van der Waals surface area contributed by atoms with Gasteiger partial charge in [-0.25, -0.2) is 0 Å². The van der Waals surface area contributed by atoms with Crippen molar-refractivity contribution in [1.82, 2.24) is 20.4 Å². The van der Waals surface area contributed by atoms with Crippen LogP contribution in [0.3, 0.4) is 0 Å². The van der Waals surface area contributed by atoms with Crippen LogP contribution in [0.15, 0.2) is 54.6 Å². The van der Waals surface area contributed by atoms with E-state index in [-0.39, 0.29) is 35.3 Å². The zero-order valence-corrected chi connectivity index (χ0v) is 37.8. The fourth-order valence-electron chi connectivity index (χ4n) is 7.12. The molecule has 14 nitrogen and oxygen atoms in total. The Labute approximate surface area is 362 Å². The molecular weight excluding hydrogens is 792 g/mol. The van der Waals surface area contributed by atoms with Crippen LogP contribution in [0.4, 0.5) is 0 Å². The van der Waals surface area contributed by atoms with E-state index in [0.29, 0.717) is 98.4 Å². The highest BCUT2D eigenvalue weighted by Crippen LogP contribution is 2.40. The van der Waals surface area contributed by atoms with Gasteiger partial charge < -0.3 is 58.3 Å². The highest BCUT2D eigenvalue weighted by atomic mass is 35.5. The number of hydrogen-bond acceptors (Lipinski definition) is 12. The summed E-state index contributed by atoms with van der Waals surface area (Å²) >= 11 is 0. The second-order valence-corrected chi connectivity index (χ2v) is 15.2. The van der Waals surface area contributed by atoms with Crippen molar-refractivity contribution < 1.29 is 47.5 Å². The number of methoxy groups -OCH3 is 4. The molecule has 0 aromatic heterocycles. The van der Waals surface area contributed by atoms with Crippen LogP contribution in [-0.2, 0) is 16.1 Å². The summed E-state index contributed by atoms with van der Waals surface area (Å²) in [4.78, 5) is 30.2. The van der Waals surface area contributed by atoms with Crippen LogP contribution in [0.25, 0.3) is 0 Å². The molecular formula is C45H67ClN4O10. The molecule has 60 heavy (non-hydrogen) atoms. The quantitative estimate of drug-likeness (QED) is 0.132. The van der Waals surface area contributed by atoms with Gasteiger partial charge in [-0.05, 0) is 90.1 Å². The number of benzene rings is 3. The predicted molar refractivity (Wildman–Crippen MR) is 235 cm³/mol. The van der Waals surface area contributed by atoms with Gasteiger partial charge in [0, 0.05) is 61.7 Å². The molecule has 2 N–H and O–H groups in total. The molecule has 0 spiro atoms. The minimum Gasteiger partial charge on any atom is -0.493 e. The van der Waals surface area contributed by atoms with Crippen LogP contribution in [-0.4, -0.2) is 135 Å². The Balaban J connectivity index is 0.000000317. The number of nitrogens with one attached hydrogen (secondary N) is 2. The minimum atomic E-state index is -0.182. The standard InChI is InChI=1S/C24H32N2O5.C21H34N2O5.ClH/c1-26(2)24(10-12-30-13-11-24)17-25-23(27)19-14-20(28-3)22(21(15-19)29-4)31-16-18-8-6-5-7-9-18;1-6-7-10-28-19-17(25-4)13-16(14-18(19)26-5)20(24)22-15-21(23(2)3)8-11-27-12-9-21;/h5-9,14-15H,10-13,16-17H2,1-4H3,(H,25,27);13-14H,6-12,15H2,1-5H3,(H,22,24);1H. The summed E-state index contributed by atoms with van der Waals surface area (Å²) in [6.45, 7) is 6.95. The number of likely N-dealkylation sites (N-methyl/N-ethyl adjacent to an activating group) is 2. The highest BCUT2D eigenvalue weighted by Gasteiger charge is 2.36. The van der Waals surface area contributed by atoms with E-state index < -0.39 is 0 Å². The Morgan fingerprint density at radius 1 is 0.633 bits per heavy atom. The Kier molecular flexibility index (Phi) is 20.5. The second-order valence-electron chi connectivity index (χ2n) is 15.2. The van der Waals surface area contributed by atoms with E-state index in [1.807, 2.05) is 58.5 Å². The maximum Gasteiger partial charge on any atom is 0.251 e. The minimum absolute atomic E-state index is 0. The summed E-state index contributed by atoms with van der Waals surface area (Å²) in [7, 11) is 14.4. The summed E-state index contributed by atoms with van der Waals surface area (Å²) in [5, 5.41) is 6.16. The highest BCUT2D eigenvalue weighted by molar-refractivity contribution is 5.96. The molecule has 2 heterocycles. The number of nitrogens with zero attached hydrogens (tertiary/aromatic N) is 2. The molecule has 0 radical (unpaired) electrons. The van der Waals surface area contributed by atoms with E-state index >= 15 is 0 Å². The van der Waals surface area contributed by atoms with Gasteiger partial charge >= 0.3 is 0 Å². The zero-order chi connectivity index (χ0) is 42.8. The molecule has 0 unspecified atom stereocenters. The SMILES string of the molecule is CCCCOc1c(OC)cc(C(=O)NCC2(N(C)C)CCOCC2)cc1OC.COc1cc(C(=O)NCC2(N(C)C)CCOCC2)cc(OC)c1OCc1ccccc1.Cl. The van der Waals surface area contributed by atoms with Gasteiger partial charge in [0.25, 0.3) is 11.8 Å². The molecule has 2 saturated heterocycles. The predicted octanol–water partition coefficient (Wildman–Crippen LogP) is 6.27. The van der Waals surface area contributed by atoms with Gasteiger partial charge in [-0.1, -0.05) is 43.7 Å². The van der Waals surface area contributed by atoms with Crippen molar-refractivity contribution in [2.24, 2.45) is 0 Å². The van der Waals surface area contributed by atoms with Crippen LogP contribution in [0, 0.1) is 0 Å². The lowest BCUT2D eigenvalue weighted by Gasteiger charge is -2.42. The summed E-state index contributed by atoms with van der Waals surface area (Å²) in [5.41, 5.74) is 1.77. The molecule has 5 rings (SSSR count). The summed E-state index contributed by atoms with van der Waals surface area (Å²) < 4.78 is 44.7. The Bertz CT molecular complexity index is 1720. The Hall–Kier alpha value is -4.47. The van der Waals surface area contributed by atoms with Crippen LogP contribution in [0.2, 0.25) is 0 Å². The molecule has 2 fully saturated rings. The van der Waals surface area contributed by atoms with Gasteiger partial charge in [0.2, 0.25) is 11.5 Å². The molecule has 0 bridgehead atoms. The van der Waals surface area contributed by atoms with Crippen LogP contribution in [0.5, 0.6) is 34.5 Å². The van der Waals surface area contributed by atoms with Crippen molar-refractivity contribution >= 4 is 24.2 Å². The Morgan fingerprint density at radius 3 is 1.37 bits per heavy atom. The van der Waals surface area contributed by atoms with Crippen LogP contribution in [0.1, 0.15) is 71.7 Å². The first-order valence-electron chi connectivity index (χ1n) is 20.3. The van der Waals surface area contributed by atoms with E-state index in [1.54, 1.807) is 52.7 Å². The molecule has 3 aromatic carbocycles. The lowest BCUT2D eigenvalue weighted by atomic mass is 9.88. The Morgan fingerprint density at radius 2 is 1.02 bits per heavy atom. The number of ether oxygens (including phenoxy) is 8. The summed E-state index contributed by atoms with van der Waals surface area (Å²) in [6.07, 6.45) is 5.49. The molecule has 3 aromatic rings. The normalized spacial score (nSPS) is 15.4. The average Bonchev–Trinajstić information content (AvgIpc) is 3.27. The molecule has 2 amide bonds. The average molecular weight is 860 g/mol. The van der Waals surface area contributed by atoms with Crippen LogP contribution >= 0.6 is 12.4 Å². The molecule has 334 valence electrons. The van der Waals surface area contributed by atoms with Crippen molar-refractivity contribution in [3.8, 4) is 34.5 Å². The topological polar surface area (TPSA) is 139 Å². The van der Waals surface area contributed by atoms with Crippen molar-refractivity contribution in [1.29, 1.82) is 0 Å². The van der Waals surface area contributed by atoms with E-state index in [2.05, 4.69) is 27.4 Å². The van der Waals surface area contributed by atoms with E-state index in [4.69, 9.17) is 37.9 Å². The third-order valence-electron chi connectivity index (χ3n) is 11.3. The molecule has 2 aliphatic rings. The van der Waals surface area contributed by atoms with Crippen LogP contribution < -0.4 is 39.1 Å².